The molecule has 0 aromatic rings. The molecule has 1 unspecified atom stereocenters. The van der Waals surface area contributed by atoms with Gasteiger partial charge in [-0.1, -0.05) is 15.9 Å². The fraction of sp³-hybridized carbons (Fsp3) is 0.750. The molecule has 4 N–H and O–H groups in total. The van der Waals surface area contributed by atoms with Gasteiger partial charge in [0.2, 0.25) is 0 Å². The molecule has 0 heterocycles. The second kappa shape index (κ2) is 5.06. The Labute approximate surface area is 77.5 Å². The molecule has 6 nitrogen and oxygen atoms in total. The van der Waals surface area contributed by atoms with Crippen LogP contribution in [0.5, 0.6) is 0 Å². The molecule has 0 aliphatic carbocycles. The number of hydrogen-bond acceptors (Lipinski definition) is 4. The van der Waals surface area contributed by atoms with Gasteiger partial charge in [0.25, 0.3) is 0 Å². The molecule has 0 radical (unpaired) electrons. The number of phosphoric acid groups is 1. The SMILES string of the molecule is NC(CC(=O)CBr)OP(=O)(O)O. The van der Waals surface area contributed by atoms with Crippen LogP contribution in [0, 0.1) is 0 Å². The number of phosphoric ester groups is 1. The molecule has 0 aliphatic rings. The first-order chi connectivity index (χ1) is 5.35. The van der Waals surface area contributed by atoms with Crippen LogP contribution in [-0.4, -0.2) is 27.1 Å². The van der Waals surface area contributed by atoms with Crippen LogP contribution in [0.15, 0.2) is 0 Å². The third-order valence-electron chi connectivity index (χ3n) is 0.851. The van der Waals surface area contributed by atoms with Gasteiger partial charge in [-0.15, -0.1) is 0 Å². The van der Waals surface area contributed by atoms with Gasteiger partial charge in [0.05, 0.1) is 5.33 Å². The molecule has 0 aliphatic heterocycles. The zero-order chi connectivity index (χ0) is 9.78. The van der Waals surface area contributed by atoms with Crippen LogP contribution in [0.1, 0.15) is 6.42 Å². The fourth-order valence-electron chi connectivity index (χ4n) is 0.493. The molecule has 0 spiro atoms. The lowest BCUT2D eigenvalue weighted by atomic mass is 10.3. The number of rotatable bonds is 5. The molecular weight excluding hydrogens is 253 g/mol. The molecule has 0 fully saturated rings. The highest BCUT2D eigenvalue weighted by molar-refractivity contribution is 9.09. The largest absolute Gasteiger partial charge is 0.471 e. The molecule has 0 aromatic heterocycles. The van der Waals surface area contributed by atoms with E-state index in [-0.39, 0.29) is 17.5 Å². The molecule has 0 aromatic carbocycles. The van der Waals surface area contributed by atoms with Crippen molar-refractivity contribution in [2.45, 2.75) is 12.6 Å². The molecule has 8 heteroatoms. The third-order valence-corrected chi connectivity index (χ3v) is 2.02. The Balaban J connectivity index is 3.82. The summed E-state index contributed by atoms with van der Waals surface area (Å²) in [5.41, 5.74) is 5.08. The van der Waals surface area contributed by atoms with Crippen LogP contribution in [-0.2, 0) is 13.9 Å². The summed E-state index contributed by atoms with van der Waals surface area (Å²) in [5, 5.41) is 0.0885. The maximum atomic E-state index is 10.6. The van der Waals surface area contributed by atoms with Gasteiger partial charge in [-0.25, -0.2) is 4.57 Å². The van der Waals surface area contributed by atoms with E-state index in [1.165, 1.54) is 0 Å². The summed E-state index contributed by atoms with van der Waals surface area (Å²) in [5.74, 6) is -0.282. The van der Waals surface area contributed by atoms with Crippen molar-refractivity contribution in [3.05, 3.63) is 0 Å². The van der Waals surface area contributed by atoms with Gasteiger partial charge in [-0.3, -0.25) is 9.32 Å². The topological polar surface area (TPSA) is 110 Å². The minimum atomic E-state index is -4.58. The summed E-state index contributed by atoms with van der Waals surface area (Å²) in [6.45, 7) is 0. The van der Waals surface area contributed by atoms with Crippen LogP contribution in [0.2, 0.25) is 0 Å². The minimum absolute atomic E-state index is 0.0885. The Morgan fingerprint density at radius 2 is 2.17 bits per heavy atom. The highest BCUT2D eigenvalue weighted by Crippen LogP contribution is 2.37. The Kier molecular flexibility index (Phi) is 5.15. The lowest BCUT2D eigenvalue weighted by molar-refractivity contribution is -0.118. The van der Waals surface area contributed by atoms with Crippen LogP contribution in [0.4, 0.5) is 0 Å². The number of nitrogens with two attached hydrogens (primary N) is 1. The molecule has 1 atom stereocenters. The van der Waals surface area contributed by atoms with Gasteiger partial charge >= 0.3 is 7.82 Å². The molecule has 0 rings (SSSR count). The van der Waals surface area contributed by atoms with E-state index in [1.54, 1.807) is 0 Å². The zero-order valence-corrected chi connectivity index (χ0v) is 8.49. The number of carbonyl (C=O) groups is 1. The minimum Gasteiger partial charge on any atom is -0.305 e. The van der Waals surface area contributed by atoms with E-state index in [0.29, 0.717) is 0 Å². The quantitative estimate of drug-likeness (QED) is 0.357. The average Bonchev–Trinajstić information content (AvgIpc) is 1.82. The average molecular weight is 262 g/mol. The van der Waals surface area contributed by atoms with Gasteiger partial charge in [-0.05, 0) is 0 Å². The molecule has 0 saturated carbocycles. The Bertz CT molecular complexity index is 204. The van der Waals surface area contributed by atoms with E-state index in [4.69, 9.17) is 15.5 Å². The van der Waals surface area contributed by atoms with Crippen molar-refractivity contribution in [1.82, 2.24) is 0 Å². The summed E-state index contributed by atoms with van der Waals surface area (Å²) in [4.78, 5) is 27.2. The lowest BCUT2D eigenvalue weighted by Crippen LogP contribution is -2.26. The number of carbonyl (C=O) groups excluding carboxylic acids is 1. The summed E-state index contributed by atoms with van der Waals surface area (Å²) in [6.07, 6.45) is -1.48. The maximum absolute atomic E-state index is 10.6. The number of halogens is 1. The van der Waals surface area contributed by atoms with E-state index < -0.39 is 14.1 Å². The summed E-state index contributed by atoms with van der Waals surface area (Å²) < 4.78 is 14.2. The van der Waals surface area contributed by atoms with E-state index >= 15 is 0 Å². The second-order valence-electron chi connectivity index (χ2n) is 2.01. The Morgan fingerprint density at radius 3 is 2.50 bits per heavy atom. The zero-order valence-electron chi connectivity index (χ0n) is 6.01. The molecule has 72 valence electrons. The predicted octanol–water partition coefficient (Wildman–Crippen LogP) is -0.265. The van der Waals surface area contributed by atoms with E-state index in [2.05, 4.69) is 20.5 Å². The van der Waals surface area contributed by atoms with Gasteiger partial charge < -0.3 is 15.5 Å². The molecule has 12 heavy (non-hydrogen) atoms. The van der Waals surface area contributed by atoms with Crippen molar-refractivity contribution in [3.8, 4) is 0 Å². The normalized spacial score (nSPS) is 14.3. The standard InChI is InChI=1S/C4H9BrNO5P/c5-2-3(7)1-4(6)11-12(8,9)10/h4H,1-2,6H2,(H2,8,9,10). The molecule has 0 saturated heterocycles. The van der Waals surface area contributed by atoms with Crippen molar-refractivity contribution in [3.63, 3.8) is 0 Å². The molecule has 0 amide bonds. The fourth-order valence-corrected chi connectivity index (χ4v) is 1.15. The van der Waals surface area contributed by atoms with Crippen LogP contribution in [0.3, 0.4) is 0 Å². The summed E-state index contributed by atoms with van der Waals surface area (Å²) in [6, 6.07) is 0. The van der Waals surface area contributed by atoms with Crippen molar-refractivity contribution in [1.29, 1.82) is 0 Å². The Hall–Kier alpha value is 0.220. The smallest absolute Gasteiger partial charge is 0.305 e. The van der Waals surface area contributed by atoms with Crippen LogP contribution < -0.4 is 5.73 Å². The number of ketones is 1. The van der Waals surface area contributed by atoms with Crippen LogP contribution >= 0.6 is 23.8 Å². The molecular formula is C4H9BrNO5P. The van der Waals surface area contributed by atoms with Gasteiger partial charge in [0, 0.05) is 6.42 Å². The highest BCUT2D eigenvalue weighted by atomic mass is 79.9. The number of Topliss-reactive ketones (excluding diaryl/α,β-unsaturated/α-hetero) is 1. The Morgan fingerprint density at radius 1 is 1.67 bits per heavy atom. The number of hydrogen-bond donors (Lipinski definition) is 3. The first kappa shape index (κ1) is 12.2. The highest BCUT2D eigenvalue weighted by Gasteiger charge is 2.20. The van der Waals surface area contributed by atoms with Crippen molar-refractivity contribution >= 4 is 29.5 Å². The summed E-state index contributed by atoms with van der Waals surface area (Å²) in [7, 11) is -4.58. The van der Waals surface area contributed by atoms with E-state index in [9.17, 15) is 9.36 Å². The third kappa shape index (κ3) is 6.90. The van der Waals surface area contributed by atoms with E-state index in [0.717, 1.165) is 0 Å². The van der Waals surface area contributed by atoms with Gasteiger partial charge in [-0.2, -0.15) is 0 Å². The van der Waals surface area contributed by atoms with Crippen molar-refractivity contribution in [2.75, 3.05) is 5.33 Å². The van der Waals surface area contributed by atoms with Gasteiger partial charge in [0.15, 0.2) is 0 Å². The number of alkyl halides is 1. The predicted molar refractivity (Wildman–Crippen MR) is 44.5 cm³/mol. The van der Waals surface area contributed by atoms with E-state index in [1.807, 2.05) is 0 Å². The van der Waals surface area contributed by atoms with Crippen LogP contribution in [0.25, 0.3) is 0 Å². The first-order valence-corrected chi connectivity index (χ1v) is 5.57. The van der Waals surface area contributed by atoms with Crippen molar-refractivity contribution < 1.29 is 23.7 Å². The second-order valence-corrected chi connectivity index (χ2v) is 3.76. The monoisotopic (exact) mass is 261 g/mol. The van der Waals surface area contributed by atoms with Crippen molar-refractivity contribution in [2.24, 2.45) is 5.73 Å². The first-order valence-electron chi connectivity index (χ1n) is 2.92. The van der Waals surface area contributed by atoms with Gasteiger partial charge in [0.1, 0.15) is 12.0 Å². The summed E-state index contributed by atoms with van der Waals surface area (Å²) >= 11 is 2.87. The molecule has 0 bridgehead atoms. The lowest BCUT2D eigenvalue weighted by Gasteiger charge is -2.11. The maximum Gasteiger partial charge on any atom is 0.471 e.